The number of hydrogen-bond acceptors (Lipinski definition) is 4. The van der Waals surface area contributed by atoms with Crippen LogP contribution in [0.3, 0.4) is 0 Å². The van der Waals surface area contributed by atoms with Gasteiger partial charge in [0.15, 0.2) is 0 Å². The number of nitrogens with zero attached hydrogens (tertiary/aromatic N) is 4. The zero-order valence-corrected chi connectivity index (χ0v) is 17.3. The molecule has 0 aromatic rings. The summed E-state index contributed by atoms with van der Waals surface area (Å²) in [6, 6.07) is 4.62. The molecular weight excluding hydrogens is 296 g/mol. The normalized spacial score (nSPS) is 16.0. The van der Waals surface area contributed by atoms with Crippen molar-refractivity contribution in [2.75, 3.05) is 0 Å². The third-order valence-electron chi connectivity index (χ3n) is 6.00. The highest BCUT2D eigenvalue weighted by atomic mass is 15.2. The number of azo groups is 1. The lowest BCUT2D eigenvalue weighted by atomic mass is 9.65. The average molecular weight is 333 g/mol. The van der Waals surface area contributed by atoms with Gasteiger partial charge in [0.2, 0.25) is 0 Å². The lowest BCUT2D eigenvalue weighted by Gasteiger charge is -2.39. The fourth-order valence-corrected chi connectivity index (χ4v) is 4.36. The third-order valence-corrected chi connectivity index (χ3v) is 6.00. The lowest BCUT2D eigenvalue weighted by molar-refractivity contribution is 0.134. The summed E-state index contributed by atoms with van der Waals surface area (Å²) in [5.74, 6) is 0.732. The Hall–Kier alpha value is -1.42. The minimum atomic E-state index is -0.547. The predicted octanol–water partition coefficient (Wildman–Crippen LogP) is 5.86. The molecule has 0 heterocycles. The highest BCUT2D eigenvalue weighted by Gasteiger charge is 2.45. The fraction of sp³-hybridized carbons (Fsp3) is 0.900. The first-order chi connectivity index (χ1) is 10.9. The van der Waals surface area contributed by atoms with Crippen molar-refractivity contribution in [3.05, 3.63) is 0 Å². The van der Waals surface area contributed by atoms with Crippen molar-refractivity contribution >= 4 is 0 Å². The molecule has 0 fully saturated rings. The van der Waals surface area contributed by atoms with Crippen LogP contribution in [0.25, 0.3) is 0 Å². The molecule has 0 saturated carbocycles. The first-order valence-electron chi connectivity index (χ1n) is 9.17. The van der Waals surface area contributed by atoms with Gasteiger partial charge in [-0.3, -0.25) is 0 Å². The number of hydrogen-bond donors (Lipinski definition) is 0. The lowest BCUT2D eigenvalue weighted by Crippen LogP contribution is -2.42. The quantitative estimate of drug-likeness (QED) is 0.522. The Morgan fingerprint density at radius 1 is 0.542 bits per heavy atom. The molecular formula is C20H36N4. The summed E-state index contributed by atoms with van der Waals surface area (Å²) in [5.41, 5.74) is -1.09. The zero-order valence-electron chi connectivity index (χ0n) is 17.3. The molecule has 136 valence electrons. The maximum atomic E-state index is 9.83. The summed E-state index contributed by atoms with van der Waals surface area (Å²) in [6.45, 7) is 20.5. The van der Waals surface area contributed by atoms with Gasteiger partial charge in [0.1, 0.15) is 0 Å². The van der Waals surface area contributed by atoms with Crippen LogP contribution in [0, 0.1) is 57.2 Å². The van der Waals surface area contributed by atoms with Crippen LogP contribution < -0.4 is 0 Å². The second kappa shape index (κ2) is 8.61. The molecule has 0 amide bonds. The first kappa shape index (κ1) is 22.6. The SMILES string of the molecule is CC(C)C(C#N)(C(C)C)C(C)N=NC(C)C(C#N)(C(C)C)C(C)C. The summed E-state index contributed by atoms with van der Waals surface area (Å²) in [6.07, 6.45) is 0. The van der Waals surface area contributed by atoms with E-state index in [2.05, 4.69) is 77.8 Å². The molecule has 0 aromatic carbocycles. The van der Waals surface area contributed by atoms with Gasteiger partial charge >= 0.3 is 0 Å². The predicted molar refractivity (Wildman–Crippen MR) is 99.2 cm³/mol. The van der Waals surface area contributed by atoms with Crippen LogP contribution in [0.2, 0.25) is 0 Å². The molecule has 0 aliphatic rings. The molecule has 2 atom stereocenters. The molecule has 0 rings (SSSR count). The van der Waals surface area contributed by atoms with Gasteiger partial charge in [-0.25, -0.2) is 0 Å². The molecule has 4 nitrogen and oxygen atoms in total. The maximum Gasteiger partial charge on any atom is 0.0871 e. The van der Waals surface area contributed by atoms with E-state index < -0.39 is 10.8 Å². The highest BCUT2D eigenvalue weighted by molar-refractivity contribution is 5.10. The molecule has 2 unspecified atom stereocenters. The summed E-state index contributed by atoms with van der Waals surface area (Å²) in [4.78, 5) is 0. The van der Waals surface area contributed by atoms with Crippen molar-refractivity contribution in [2.45, 2.75) is 81.3 Å². The van der Waals surface area contributed by atoms with Crippen molar-refractivity contribution < 1.29 is 0 Å². The topological polar surface area (TPSA) is 72.3 Å². The van der Waals surface area contributed by atoms with E-state index in [0.29, 0.717) is 0 Å². The Morgan fingerprint density at radius 2 is 0.750 bits per heavy atom. The standard InChI is InChI=1S/C20H36N4/c1-13(2)19(11-21,14(3)4)17(9)23-24-18(10)20(12-22,15(5)6)16(7)8/h13-18H,1-10H3. The Kier molecular flexibility index (Phi) is 8.10. The van der Waals surface area contributed by atoms with Gasteiger partial charge in [-0.2, -0.15) is 20.8 Å². The zero-order chi connectivity index (χ0) is 19.3. The van der Waals surface area contributed by atoms with Gasteiger partial charge in [0.25, 0.3) is 0 Å². The second-order valence-electron chi connectivity index (χ2n) is 8.29. The fourth-order valence-electron chi connectivity index (χ4n) is 4.36. The Morgan fingerprint density at radius 3 is 0.875 bits per heavy atom. The molecule has 0 N–H and O–H groups in total. The van der Waals surface area contributed by atoms with Crippen LogP contribution in [-0.4, -0.2) is 12.1 Å². The van der Waals surface area contributed by atoms with E-state index in [4.69, 9.17) is 0 Å². The van der Waals surface area contributed by atoms with Crippen LogP contribution in [0.15, 0.2) is 10.2 Å². The van der Waals surface area contributed by atoms with Crippen molar-refractivity contribution in [3.8, 4) is 12.1 Å². The van der Waals surface area contributed by atoms with E-state index >= 15 is 0 Å². The maximum absolute atomic E-state index is 9.83. The largest absolute Gasteiger partial charge is 0.198 e. The van der Waals surface area contributed by atoms with Crippen molar-refractivity contribution in [1.29, 1.82) is 10.5 Å². The molecule has 0 saturated heterocycles. The minimum Gasteiger partial charge on any atom is -0.198 e. The molecule has 24 heavy (non-hydrogen) atoms. The van der Waals surface area contributed by atoms with E-state index in [0.717, 1.165) is 0 Å². The number of rotatable bonds is 8. The molecule has 0 radical (unpaired) electrons. The molecule has 0 aliphatic carbocycles. The van der Waals surface area contributed by atoms with E-state index in [1.165, 1.54) is 0 Å². The first-order valence-corrected chi connectivity index (χ1v) is 9.17. The summed E-state index contributed by atoms with van der Waals surface area (Å²) < 4.78 is 0. The summed E-state index contributed by atoms with van der Waals surface area (Å²) in [7, 11) is 0. The molecule has 0 spiro atoms. The van der Waals surface area contributed by atoms with Crippen LogP contribution in [-0.2, 0) is 0 Å². The highest BCUT2D eigenvalue weighted by Crippen LogP contribution is 2.43. The van der Waals surface area contributed by atoms with Gasteiger partial charge in [-0.05, 0) is 37.5 Å². The Balaban J connectivity index is 5.74. The van der Waals surface area contributed by atoms with E-state index in [9.17, 15) is 10.5 Å². The molecule has 0 aromatic heterocycles. The van der Waals surface area contributed by atoms with Gasteiger partial charge in [-0.15, -0.1) is 0 Å². The second-order valence-corrected chi connectivity index (χ2v) is 8.29. The van der Waals surface area contributed by atoms with Crippen LogP contribution in [0.1, 0.15) is 69.2 Å². The third kappa shape index (κ3) is 3.80. The van der Waals surface area contributed by atoms with Gasteiger partial charge in [0.05, 0.1) is 35.1 Å². The molecule has 0 bridgehead atoms. The van der Waals surface area contributed by atoms with Gasteiger partial charge < -0.3 is 0 Å². The van der Waals surface area contributed by atoms with E-state index in [-0.39, 0.29) is 35.8 Å². The van der Waals surface area contributed by atoms with Crippen molar-refractivity contribution in [2.24, 2.45) is 44.7 Å². The average Bonchev–Trinajstić information content (AvgIpc) is 2.45. The smallest absolute Gasteiger partial charge is 0.0871 e. The van der Waals surface area contributed by atoms with Crippen LogP contribution in [0.4, 0.5) is 0 Å². The number of nitriles is 2. The van der Waals surface area contributed by atoms with Gasteiger partial charge in [0, 0.05) is 0 Å². The Labute approximate surface area is 149 Å². The van der Waals surface area contributed by atoms with Crippen LogP contribution in [0.5, 0.6) is 0 Å². The van der Waals surface area contributed by atoms with Crippen molar-refractivity contribution in [1.82, 2.24) is 0 Å². The van der Waals surface area contributed by atoms with E-state index in [1.807, 2.05) is 13.8 Å². The minimum absolute atomic E-state index is 0.183. The molecule has 0 aliphatic heterocycles. The van der Waals surface area contributed by atoms with Crippen LogP contribution >= 0.6 is 0 Å². The Bertz CT molecular complexity index is 441. The summed E-state index contributed by atoms with van der Waals surface area (Å²) in [5, 5.41) is 28.7. The molecule has 4 heteroatoms. The van der Waals surface area contributed by atoms with E-state index in [1.54, 1.807) is 0 Å². The summed E-state index contributed by atoms with van der Waals surface area (Å²) >= 11 is 0. The van der Waals surface area contributed by atoms with Gasteiger partial charge in [-0.1, -0.05) is 55.4 Å². The van der Waals surface area contributed by atoms with Crippen molar-refractivity contribution in [3.63, 3.8) is 0 Å². The monoisotopic (exact) mass is 332 g/mol.